The van der Waals surface area contributed by atoms with E-state index >= 15 is 0 Å². The molecule has 3 aromatic rings. The second-order valence-electron chi connectivity index (χ2n) is 8.64. The molecular formula is C28H14F6N2O6. The minimum absolute atomic E-state index is 0.301. The lowest BCUT2D eigenvalue weighted by Crippen LogP contribution is -2.31. The minimum Gasteiger partial charge on any atom is -0.453 e. The Morgan fingerprint density at radius 1 is 0.452 bits per heavy atom. The molecule has 0 bridgehead atoms. The van der Waals surface area contributed by atoms with Crippen LogP contribution in [-0.4, -0.2) is 23.6 Å². The van der Waals surface area contributed by atoms with Gasteiger partial charge in [0.15, 0.2) is 11.5 Å². The third-order valence-electron chi connectivity index (χ3n) is 5.96. The maximum absolute atomic E-state index is 14.2. The molecule has 0 saturated carbocycles. The van der Waals surface area contributed by atoms with Gasteiger partial charge < -0.3 is 9.47 Å². The van der Waals surface area contributed by atoms with Crippen molar-refractivity contribution in [2.24, 2.45) is 0 Å². The Labute approximate surface area is 231 Å². The molecule has 5 rings (SSSR count). The lowest BCUT2D eigenvalue weighted by molar-refractivity contribution is -0.139. The van der Waals surface area contributed by atoms with E-state index in [1.807, 2.05) is 0 Å². The molecule has 214 valence electrons. The summed E-state index contributed by atoms with van der Waals surface area (Å²) in [4.78, 5) is 49.1. The van der Waals surface area contributed by atoms with Gasteiger partial charge in [0.05, 0.1) is 11.4 Å². The minimum atomic E-state index is -5.15. The summed E-state index contributed by atoms with van der Waals surface area (Å²) in [6.07, 6.45) is -7.11. The zero-order valence-electron chi connectivity index (χ0n) is 20.7. The molecule has 3 aromatic carbocycles. The third-order valence-corrected chi connectivity index (χ3v) is 5.96. The zero-order chi connectivity index (χ0) is 30.4. The van der Waals surface area contributed by atoms with Gasteiger partial charge in [-0.2, -0.15) is 26.3 Å². The predicted molar refractivity (Wildman–Crippen MR) is 133 cm³/mol. The summed E-state index contributed by atoms with van der Waals surface area (Å²) >= 11 is 0. The number of carbonyl (C=O) groups excluding carboxylic acids is 4. The van der Waals surface area contributed by atoms with Crippen LogP contribution in [0.25, 0.3) is 0 Å². The first-order valence-electron chi connectivity index (χ1n) is 11.7. The van der Waals surface area contributed by atoms with Crippen LogP contribution in [0.3, 0.4) is 0 Å². The van der Waals surface area contributed by atoms with Gasteiger partial charge in [-0.05, 0) is 36.4 Å². The Kier molecular flexibility index (Phi) is 6.84. The first kappa shape index (κ1) is 28.1. The van der Waals surface area contributed by atoms with Gasteiger partial charge in [-0.15, -0.1) is 0 Å². The van der Waals surface area contributed by atoms with E-state index in [-0.39, 0.29) is 0 Å². The Morgan fingerprint density at radius 3 is 1.07 bits per heavy atom. The van der Waals surface area contributed by atoms with Crippen molar-refractivity contribution in [1.82, 2.24) is 0 Å². The number of hydrogen-bond donors (Lipinski definition) is 0. The Morgan fingerprint density at radius 2 is 0.762 bits per heavy atom. The van der Waals surface area contributed by atoms with Crippen molar-refractivity contribution < 1.29 is 55.0 Å². The summed E-state index contributed by atoms with van der Waals surface area (Å²) in [5.74, 6) is -6.77. The van der Waals surface area contributed by atoms with Crippen LogP contribution >= 0.6 is 0 Å². The fourth-order valence-electron chi connectivity index (χ4n) is 4.28. The van der Waals surface area contributed by atoms with Crippen molar-refractivity contribution in [3.63, 3.8) is 0 Å². The topological polar surface area (TPSA) is 93.2 Å². The molecule has 2 aliphatic rings. The number of imide groups is 2. The number of para-hydroxylation sites is 2. The number of amides is 4. The molecule has 0 aromatic heterocycles. The van der Waals surface area contributed by atoms with Crippen molar-refractivity contribution in [2.75, 3.05) is 9.80 Å². The fourth-order valence-corrected chi connectivity index (χ4v) is 4.28. The number of benzene rings is 3. The quantitative estimate of drug-likeness (QED) is 0.253. The van der Waals surface area contributed by atoms with Crippen LogP contribution < -0.4 is 19.3 Å². The van der Waals surface area contributed by atoms with E-state index in [2.05, 4.69) is 0 Å². The van der Waals surface area contributed by atoms with E-state index in [1.165, 1.54) is 12.1 Å². The van der Waals surface area contributed by atoms with Crippen LogP contribution in [0.5, 0.6) is 23.0 Å². The monoisotopic (exact) mass is 588 g/mol. The van der Waals surface area contributed by atoms with Crippen LogP contribution in [-0.2, 0) is 31.5 Å². The molecule has 0 unspecified atom stereocenters. The summed E-state index contributed by atoms with van der Waals surface area (Å²) in [6, 6.07) is 10.6. The van der Waals surface area contributed by atoms with Crippen molar-refractivity contribution in [3.8, 4) is 23.0 Å². The van der Waals surface area contributed by atoms with E-state index < -0.39 is 81.5 Å². The molecule has 2 aliphatic heterocycles. The van der Waals surface area contributed by atoms with Crippen molar-refractivity contribution in [2.45, 2.75) is 12.4 Å². The molecule has 0 atom stereocenters. The van der Waals surface area contributed by atoms with E-state index in [1.54, 1.807) is 0 Å². The van der Waals surface area contributed by atoms with Crippen LogP contribution in [0.15, 0.2) is 85.0 Å². The first-order valence-corrected chi connectivity index (χ1v) is 11.7. The number of rotatable bonds is 6. The highest BCUT2D eigenvalue weighted by molar-refractivity contribution is 6.29. The van der Waals surface area contributed by atoms with E-state index in [4.69, 9.17) is 9.47 Å². The number of carbonyl (C=O) groups is 4. The standard InChI is InChI=1S/C28H14F6N2O6/c29-27(30,31)25-15(35-21(37)11-12-22(35)38)5-3-9-19(25)41-17-7-1-2-8-18(17)42-20-10-4-6-16(26(20)28(32,33)34)36-23(39)13-14-24(36)40/h1-14H. The number of hydrogen-bond acceptors (Lipinski definition) is 6. The Hall–Kier alpha value is -5.40. The Balaban J connectivity index is 1.57. The predicted octanol–water partition coefficient (Wildman–Crippen LogP) is 6.17. The molecule has 0 fully saturated rings. The molecule has 2 heterocycles. The summed E-state index contributed by atoms with van der Waals surface area (Å²) in [5, 5.41) is 0. The van der Waals surface area contributed by atoms with Gasteiger partial charge in [0.25, 0.3) is 23.6 Å². The molecule has 14 heteroatoms. The lowest BCUT2D eigenvalue weighted by Gasteiger charge is -2.24. The van der Waals surface area contributed by atoms with E-state index in [0.29, 0.717) is 9.80 Å². The smallest absolute Gasteiger partial charge is 0.422 e. The van der Waals surface area contributed by atoms with Crippen molar-refractivity contribution in [3.05, 3.63) is 96.1 Å². The number of ether oxygens (including phenoxy) is 2. The molecule has 0 aliphatic carbocycles. The van der Waals surface area contributed by atoms with Gasteiger partial charge in [0.1, 0.15) is 22.6 Å². The number of halogens is 6. The average molecular weight is 588 g/mol. The van der Waals surface area contributed by atoms with E-state index in [9.17, 15) is 45.5 Å². The van der Waals surface area contributed by atoms with Crippen LogP contribution in [0, 0.1) is 0 Å². The van der Waals surface area contributed by atoms with Crippen molar-refractivity contribution in [1.29, 1.82) is 0 Å². The van der Waals surface area contributed by atoms with Crippen LogP contribution in [0.2, 0.25) is 0 Å². The van der Waals surface area contributed by atoms with E-state index in [0.717, 1.165) is 72.8 Å². The highest BCUT2D eigenvalue weighted by Crippen LogP contribution is 2.48. The molecular weight excluding hydrogens is 574 g/mol. The fraction of sp³-hybridized carbons (Fsp3) is 0.0714. The molecule has 0 saturated heterocycles. The highest BCUT2D eigenvalue weighted by atomic mass is 19.4. The zero-order valence-corrected chi connectivity index (χ0v) is 20.7. The SMILES string of the molecule is O=C1C=CC(=O)N1c1cccc(Oc2ccccc2Oc2cccc(N3C(=O)C=CC3=O)c2C(F)(F)F)c1C(F)(F)F. The number of anilines is 2. The van der Waals surface area contributed by atoms with Crippen molar-refractivity contribution >= 4 is 35.0 Å². The van der Waals surface area contributed by atoms with Gasteiger partial charge >= 0.3 is 12.4 Å². The van der Waals surface area contributed by atoms with Crippen LogP contribution in [0.4, 0.5) is 37.7 Å². The van der Waals surface area contributed by atoms with Gasteiger partial charge in [-0.1, -0.05) is 24.3 Å². The van der Waals surface area contributed by atoms with Gasteiger partial charge in [-0.3, -0.25) is 19.2 Å². The summed E-state index contributed by atoms with van der Waals surface area (Å²) in [7, 11) is 0. The normalized spacial score (nSPS) is 15.3. The first-order chi connectivity index (χ1) is 19.8. The molecule has 0 N–H and O–H groups in total. The third kappa shape index (κ3) is 5.09. The summed E-state index contributed by atoms with van der Waals surface area (Å²) in [6.45, 7) is 0. The molecule has 4 amide bonds. The number of alkyl halides is 6. The summed E-state index contributed by atoms with van der Waals surface area (Å²) < 4.78 is 96.4. The molecule has 42 heavy (non-hydrogen) atoms. The van der Waals surface area contributed by atoms with Gasteiger partial charge in [-0.25, -0.2) is 9.80 Å². The molecule has 0 spiro atoms. The second-order valence-corrected chi connectivity index (χ2v) is 8.64. The van der Waals surface area contributed by atoms with Gasteiger partial charge in [0, 0.05) is 24.3 Å². The lowest BCUT2D eigenvalue weighted by atomic mass is 10.1. The maximum atomic E-state index is 14.2. The van der Waals surface area contributed by atoms with Gasteiger partial charge in [0.2, 0.25) is 0 Å². The Bertz CT molecular complexity index is 1550. The second kappa shape index (κ2) is 10.2. The van der Waals surface area contributed by atoms with Crippen LogP contribution in [0.1, 0.15) is 11.1 Å². The maximum Gasteiger partial charge on any atom is 0.422 e. The average Bonchev–Trinajstić information content (AvgIpc) is 3.42. The highest BCUT2D eigenvalue weighted by Gasteiger charge is 2.43. The largest absolute Gasteiger partial charge is 0.453 e. The molecule has 0 radical (unpaired) electrons. The molecule has 8 nitrogen and oxygen atoms in total. The summed E-state index contributed by atoms with van der Waals surface area (Å²) in [5.41, 5.74) is -4.64. The number of nitrogens with zero attached hydrogens (tertiary/aromatic N) is 2.